The fourth-order valence-corrected chi connectivity index (χ4v) is 2.66. The van der Waals surface area contributed by atoms with Gasteiger partial charge in [-0.25, -0.2) is 4.99 Å². The molecule has 0 fully saturated rings. The van der Waals surface area contributed by atoms with E-state index in [1.54, 1.807) is 0 Å². The Balaban J connectivity index is 0.00000128. The summed E-state index contributed by atoms with van der Waals surface area (Å²) < 4.78 is 1.60. The Hall–Kier alpha value is -0.300. The molecule has 0 atom stereocenters. The van der Waals surface area contributed by atoms with Crippen LogP contribution in [-0.2, 0) is 0 Å². The number of anilines is 1. The third-order valence-electron chi connectivity index (χ3n) is 2.01. The van der Waals surface area contributed by atoms with Gasteiger partial charge in [-0.3, -0.25) is 5.21 Å². The topological polar surface area (TPSA) is 47.9 Å². The molecule has 1 aromatic rings. The van der Waals surface area contributed by atoms with E-state index in [2.05, 4.69) is 42.2 Å². The predicted octanol–water partition coefficient (Wildman–Crippen LogP) is 2.79. The van der Waals surface area contributed by atoms with Crippen molar-refractivity contribution >= 4 is 55.9 Å². The number of hydrogen-bond acceptors (Lipinski definition) is 4. The van der Waals surface area contributed by atoms with Crippen LogP contribution in [0.3, 0.4) is 0 Å². The molecule has 2 N–H and O–H groups in total. The molecule has 0 radical (unpaired) electrons. The van der Waals surface area contributed by atoms with Gasteiger partial charge < -0.3 is 5.32 Å². The minimum Gasteiger partial charge on any atom is -0.352 e. The van der Waals surface area contributed by atoms with Crippen molar-refractivity contribution in [3.05, 3.63) is 27.1 Å². The van der Waals surface area contributed by atoms with Gasteiger partial charge in [-0.2, -0.15) is 5.06 Å². The predicted molar refractivity (Wildman–Crippen MR) is 73.7 cm³/mol. The number of halogens is 3. The maximum Gasteiger partial charge on any atom is 0.223 e. The van der Waals surface area contributed by atoms with Crippen LogP contribution in [0.1, 0.15) is 0 Å². The van der Waals surface area contributed by atoms with Crippen molar-refractivity contribution in [3.8, 4) is 0 Å². The highest BCUT2D eigenvalue weighted by atomic mass is 79.9. The minimum absolute atomic E-state index is 0. The number of hydroxylamine groups is 1. The molecule has 16 heavy (non-hydrogen) atoms. The molecular weight excluding hydrogens is 361 g/mol. The Morgan fingerprint density at radius 1 is 1.31 bits per heavy atom. The molecular formula is C9H10Br2ClN3O. The number of hydrogen-bond donors (Lipinski definition) is 2. The largest absolute Gasteiger partial charge is 0.352 e. The molecule has 1 aromatic carbocycles. The zero-order valence-electron chi connectivity index (χ0n) is 8.15. The number of benzene rings is 1. The third kappa shape index (κ3) is 2.68. The van der Waals surface area contributed by atoms with Gasteiger partial charge in [0.2, 0.25) is 5.96 Å². The Morgan fingerprint density at radius 3 is 2.44 bits per heavy atom. The highest BCUT2D eigenvalue weighted by Gasteiger charge is 2.18. The highest BCUT2D eigenvalue weighted by molar-refractivity contribution is 9.11. The standard InChI is InChI=1S/C9H9Br2N3O.ClH/c10-6-2-1-3-7(11)8(6)14(15)9-12-4-5-13-9;/h1-3,15H,4-5H2,(H,12,13);1H. The van der Waals surface area contributed by atoms with Crippen molar-refractivity contribution in [2.45, 2.75) is 0 Å². The van der Waals surface area contributed by atoms with E-state index in [0.717, 1.165) is 20.6 Å². The van der Waals surface area contributed by atoms with Gasteiger partial charge in [0.1, 0.15) is 5.69 Å². The van der Waals surface area contributed by atoms with Gasteiger partial charge in [-0.1, -0.05) is 6.07 Å². The number of aliphatic imine (C=N–C) groups is 1. The van der Waals surface area contributed by atoms with E-state index < -0.39 is 0 Å². The quantitative estimate of drug-likeness (QED) is 0.747. The first-order chi connectivity index (χ1) is 7.20. The zero-order valence-corrected chi connectivity index (χ0v) is 12.1. The molecule has 4 nitrogen and oxygen atoms in total. The van der Waals surface area contributed by atoms with Gasteiger partial charge >= 0.3 is 0 Å². The molecule has 0 amide bonds. The Bertz CT molecular complexity index is 393. The lowest BCUT2D eigenvalue weighted by atomic mass is 10.3. The summed E-state index contributed by atoms with van der Waals surface area (Å²) in [5.41, 5.74) is 0.644. The lowest BCUT2D eigenvalue weighted by Crippen LogP contribution is -2.36. The molecule has 1 heterocycles. The monoisotopic (exact) mass is 369 g/mol. The Labute approximate surface area is 116 Å². The second-order valence-electron chi connectivity index (χ2n) is 3.01. The average molecular weight is 371 g/mol. The van der Waals surface area contributed by atoms with Crippen LogP contribution >= 0.6 is 44.3 Å². The van der Waals surface area contributed by atoms with Gasteiger partial charge in [0, 0.05) is 15.5 Å². The number of rotatable bonds is 1. The number of nitrogens with one attached hydrogen (secondary N) is 1. The Kier molecular flexibility index (Phi) is 5.04. The van der Waals surface area contributed by atoms with Gasteiger partial charge in [-0.05, 0) is 44.0 Å². The lowest BCUT2D eigenvalue weighted by molar-refractivity contribution is 0.308. The van der Waals surface area contributed by atoms with Gasteiger partial charge in [-0.15, -0.1) is 12.4 Å². The zero-order chi connectivity index (χ0) is 10.8. The van der Waals surface area contributed by atoms with Crippen LogP contribution in [0.25, 0.3) is 0 Å². The van der Waals surface area contributed by atoms with Crippen LogP contribution in [0.2, 0.25) is 0 Å². The summed E-state index contributed by atoms with van der Waals surface area (Å²) in [6, 6.07) is 5.60. The summed E-state index contributed by atoms with van der Waals surface area (Å²) >= 11 is 6.76. The molecule has 0 saturated carbocycles. The van der Waals surface area contributed by atoms with Crippen LogP contribution < -0.4 is 10.4 Å². The van der Waals surface area contributed by atoms with E-state index in [-0.39, 0.29) is 12.4 Å². The molecule has 0 saturated heterocycles. The summed E-state index contributed by atoms with van der Waals surface area (Å²) in [5, 5.41) is 14.0. The van der Waals surface area contributed by atoms with Crippen LogP contribution in [0.5, 0.6) is 0 Å². The van der Waals surface area contributed by atoms with E-state index in [9.17, 15) is 5.21 Å². The number of guanidine groups is 1. The third-order valence-corrected chi connectivity index (χ3v) is 3.29. The molecule has 0 aliphatic carbocycles. The highest BCUT2D eigenvalue weighted by Crippen LogP contribution is 2.33. The van der Waals surface area contributed by atoms with Crippen LogP contribution in [0, 0.1) is 0 Å². The molecule has 1 aliphatic heterocycles. The van der Waals surface area contributed by atoms with Crippen molar-refractivity contribution in [2.75, 3.05) is 18.2 Å². The van der Waals surface area contributed by atoms with E-state index in [1.807, 2.05) is 18.2 Å². The normalized spacial score (nSPS) is 13.8. The summed E-state index contributed by atoms with van der Waals surface area (Å²) in [4.78, 5) is 4.13. The van der Waals surface area contributed by atoms with E-state index in [4.69, 9.17) is 0 Å². The molecule has 1 aliphatic rings. The second kappa shape index (κ2) is 5.86. The van der Waals surface area contributed by atoms with Crippen LogP contribution in [-0.4, -0.2) is 24.3 Å². The smallest absolute Gasteiger partial charge is 0.223 e. The second-order valence-corrected chi connectivity index (χ2v) is 4.72. The van der Waals surface area contributed by atoms with Crippen molar-refractivity contribution in [1.82, 2.24) is 5.32 Å². The first kappa shape index (κ1) is 13.8. The molecule has 2 rings (SSSR count). The minimum atomic E-state index is 0. The average Bonchev–Trinajstić information content (AvgIpc) is 2.69. The maximum atomic E-state index is 9.96. The summed E-state index contributed by atoms with van der Waals surface area (Å²) in [7, 11) is 0. The SMILES string of the molecule is Cl.ON(C1=NCCN1)c1c(Br)cccc1Br. The maximum absolute atomic E-state index is 9.96. The van der Waals surface area contributed by atoms with E-state index in [1.165, 1.54) is 0 Å². The number of para-hydroxylation sites is 1. The van der Waals surface area contributed by atoms with Gasteiger partial charge in [0.25, 0.3) is 0 Å². The molecule has 7 heteroatoms. The number of nitrogens with zero attached hydrogens (tertiary/aromatic N) is 2. The van der Waals surface area contributed by atoms with Crippen molar-refractivity contribution in [1.29, 1.82) is 0 Å². The first-order valence-corrected chi connectivity index (χ1v) is 6.00. The Morgan fingerprint density at radius 2 is 1.94 bits per heavy atom. The van der Waals surface area contributed by atoms with Gasteiger partial charge in [0.15, 0.2) is 0 Å². The van der Waals surface area contributed by atoms with Crippen molar-refractivity contribution in [3.63, 3.8) is 0 Å². The fraction of sp³-hybridized carbons (Fsp3) is 0.222. The van der Waals surface area contributed by atoms with Crippen molar-refractivity contribution in [2.24, 2.45) is 4.99 Å². The van der Waals surface area contributed by atoms with Gasteiger partial charge in [0.05, 0.1) is 6.54 Å². The van der Waals surface area contributed by atoms with E-state index >= 15 is 0 Å². The lowest BCUT2D eigenvalue weighted by Gasteiger charge is -2.19. The summed E-state index contributed by atoms with van der Waals surface area (Å²) in [5.74, 6) is 0.475. The van der Waals surface area contributed by atoms with E-state index in [0.29, 0.717) is 18.2 Å². The molecule has 0 aromatic heterocycles. The van der Waals surface area contributed by atoms with Crippen LogP contribution in [0.4, 0.5) is 5.69 Å². The molecule has 0 bridgehead atoms. The molecule has 88 valence electrons. The summed E-state index contributed by atoms with van der Waals surface area (Å²) in [6.45, 7) is 1.45. The molecule has 0 spiro atoms. The first-order valence-electron chi connectivity index (χ1n) is 4.41. The van der Waals surface area contributed by atoms with Crippen molar-refractivity contribution < 1.29 is 5.21 Å². The summed E-state index contributed by atoms with van der Waals surface area (Å²) in [6.07, 6.45) is 0. The fourth-order valence-electron chi connectivity index (χ4n) is 1.32. The van der Waals surface area contributed by atoms with Crippen LogP contribution in [0.15, 0.2) is 32.1 Å². The molecule has 0 unspecified atom stereocenters.